The van der Waals surface area contributed by atoms with Crippen molar-refractivity contribution >= 4 is 23.5 Å². The quantitative estimate of drug-likeness (QED) is 0.223. The van der Waals surface area contributed by atoms with Crippen molar-refractivity contribution in [1.29, 1.82) is 0 Å². The third-order valence-electron chi connectivity index (χ3n) is 4.78. The van der Waals surface area contributed by atoms with E-state index in [0.29, 0.717) is 28.8 Å². The number of nitrogens with zero attached hydrogens (tertiary/aromatic N) is 2. The van der Waals surface area contributed by atoms with Crippen molar-refractivity contribution in [3.8, 4) is 17.1 Å². The molecule has 33 heavy (non-hydrogen) atoms. The lowest BCUT2D eigenvalue weighted by Crippen LogP contribution is -2.30. The van der Waals surface area contributed by atoms with E-state index in [9.17, 15) is 14.0 Å². The Kier molecular flexibility index (Phi) is 8.21. The second kappa shape index (κ2) is 11.1. The van der Waals surface area contributed by atoms with Gasteiger partial charge in [0.2, 0.25) is 11.7 Å². The summed E-state index contributed by atoms with van der Waals surface area (Å²) in [7, 11) is 0. The molecule has 3 rings (SSSR count). The van der Waals surface area contributed by atoms with Gasteiger partial charge in [-0.05, 0) is 55.1 Å². The fraction of sp³-hybridized carbons (Fsp3) is 0.333. The average Bonchev–Trinajstić information content (AvgIpc) is 3.32. The molecule has 0 saturated carbocycles. The van der Waals surface area contributed by atoms with Crippen molar-refractivity contribution in [3.63, 3.8) is 0 Å². The Hall–Kier alpha value is -3.20. The van der Waals surface area contributed by atoms with Crippen LogP contribution in [0.5, 0.6) is 5.75 Å². The second-order valence-corrected chi connectivity index (χ2v) is 8.38. The van der Waals surface area contributed by atoms with E-state index in [1.54, 1.807) is 37.4 Å². The SMILES string of the molecule is CCC(Oc1ccc(-c2noc(C(C)C)n2)cc1)C(=O)OCC(=O)c1ccc(SC)c(F)c1. The Balaban J connectivity index is 1.57. The number of rotatable bonds is 10. The Bertz CT molecular complexity index is 1110. The van der Waals surface area contributed by atoms with Crippen molar-refractivity contribution in [1.82, 2.24) is 10.1 Å². The van der Waals surface area contributed by atoms with Crippen LogP contribution in [0.15, 0.2) is 51.9 Å². The van der Waals surface area contributed by atoms with E-state index in [-0.39, 0.29) is 11.5 Å². The number of carbonyl (C=O) groups is 2. The number of benzene rings is 2. The summed E-state index contributed by atoms with van der Waals surface area (Å²) in [6.07, 6.45) is 1.19. The Morgan fingerprint density at radius 3 is 2.45 bits per heavy atom. The van der Waals surface area contributed by atoms with Crippen molar-refractivity contribution in [3.05, 3.63) is 59.7 Å². The monoisotopic (exact) mass is 472 g/mol. The highest BCUT2D eigenvalue weighted by molar-refractivity contribution is 7.98. The molecule has 0 aliphatic carbocycles. The van der Waals surface area contributed by atoms with Gasteiger partial charge in [-0.2, -0.15) is 4.98 Å². The van der Waals surface area contributed by atoms with E-state index in [2.05, 4.69) is 10.1 Å². The van der Waals surface area contributed by atoms with Crippen LogP contribution in [0.25, 0.3) is 11.4 Å². The standard InChI is InChI=1S/C24H25FN2O5S/c1-5-20(24(29)30-13-19(28)16-8-11-21(33-4)18(25)12-16)31-17-9-6-15(7-10-17)22-26-23(14(2)3)32-27-22/h6-12,14,20H,5,13H2,1-4H3. The molecule has 1 aromatic heterocycles. The van der Waals surface area contributed by atoms with Crippen LogP contribution in [-0.2, 0) is 9.53 Å². The van der Waals surface area contributed by atoms with Gasteiger partial charge in [-0.1, -0.05) is 25.9 Å². The second-order valence-electron chi connectivity index (χ2n) is 7.53. The van der Waals surface area contributed by atoms with Gasteiger partial charge in [-0.3, -0.25) is 4.79 Å². The van der Waals surface area contributed by atoms with Gasteiger partial charge in [-0.25, -0.2) is 9.18 Å². The predicted molar refractivity (Wildman–Crippen MR) is 122 cm³/mol. The van der Waals surface area contributed by atoms with Crippen LogP contribution in [0.3, 0.4) is 0 Å². The maximum absolute atomic E-state index is 13.9. The molecule has 7 nitrogen and oxygen atoms in total. The topological polar surface area (TPSA) is 91.5 Å². The Morgan fingerprint density at radius 2 is 1.88 bits per heavy atom. The zero-order valence-electron chi connectivity index (χ0n) is 18.8. The van der Waals surface area contributed by atoms with E-state index in [1.165, 1.54) is 23.9 Å². The van der Waals surface area contributed by atoms with Gasteiger partial charge in [0.1, 0.15) is 11.6 Å². The highest BCUT2D eigenvalue weighted by Crippen LogP contribution is 2.23. The fourth-order valence-corrected chi connectivity index (χ4v) is 3.34. The van der Waals surface area contributed by atoms with E-state index in [0.717, 1.165) is 11.6 Å². The molecule has 0 N–H and O–H groups in total. The number of halogens is 1. The number of aromatic nitrogens is 2. The molecule has 0 bridgehead atoms. The lowest BCUT2D eigenvalue weighted by Gasteiger charge is -2.16. The molecular formula is C24H25FN2O5S. The molecule has 1 unspecified atom stereocenters. The molecule has 0 fully saturated rings. The third-order valence-corrected chi connectivity index (χ3v) is 5.55. The van der Waals surface area contributed by atoms with Gasteiger partial charge in [0.05, 0.1) is 0 Å². The van der Waals surface area contributed by atoms with Crippen LogP contribution in [0, 0.1) is 5.82 Å². The first-order chi connectivity index (χ1) is 15.8. The summed E-state index contributed by atoms with van der Waals surface area (Å²) in [5.74, 6) is -0.0409. The summed E-state index contributed by atoms with van der Waals surface area (Å²) in [5, 5.41) is 3.97. The normalized spacial score (nSPS) is 11.9. The number of esters is 1. The highest BCUT2D eigenvalue weighted by Gasteiger charge is 2.22. The lowest BCUT2D eigenvalue weighted by atomic mass is 10.1. The van der Waals surface area contributed by atoms with E-state index < -0.39 is 30.3 Å². The van der Waals surface area contributed by atoms with E-state index in [1.807, 2.05) is 13.8 Å². The summed E-state index contributed by atoms with van der Waals surface area (Å²) < 4.78 is 30.0. The first kappa shape index (κ1) is 24.4. The molecule has 0 amide bonds. The number of ketones is 1. The number of thioether (sulfide) groups is 1. The average molecular weight is 473 g/mol. The highest BCUT2D eigenvalue weighted by atomic mass is 32.2. The van der Waals surface area contributed by atoms with Gasteiger partial charge in [0.25, 0.3) is 0 Å². The smallest absolute Gasteiger partial charge is 0.347 e. The van der Waals surface area contributed by atoms with Crippen molar-refractivity contribution in [2.24, 2.45) is 0 Å². The molecule has 2 aromatic carbocycles. The third kappa shape index (κ3) is 6.19. The van der Waals surface area contributed by atoms with Crippen LogP contribution >= 0.6 is 11.8 Å². The minimum absolute atomic E-state index is 0.130. The molecule has 1 heterocycles. The Morgan fingerprint density at radius 1 is 1.15 bits per heavy atom. The molecule has 0 saturated heterocycles. The number of Topliss-reactive ketones (excluding diaryl/α,β-unsaturated/α-hetero) is 1. The molecule has 0 aliphatic rings. The first-order valence-electron chi connectivity index (χ1n) is 10.5. The first-order valence-corrected chi connectivity index (χ1v) is 11.7. The van der Waals surface area contributed by atoms with Crippen molar-refractivity contribution in [2.45, 2.75) is 44.1 Å². The maximum atomic E-state index is 13.9. The van der Waals surface area contributed by atoms with E-state index in [4.69, 9.17) is 14.0 Å². The number of hydrogen-bond donors (Lipinski definition) is 0. The number of ether oxygens (including phenoxy) is 2. The van der Waals surface area contributed by atoms with Gasteiger partial charge in [0.15, 0.2) is 18.5 Å². The number of hydrogen-bond acceptors (Lipinski definition) is 8. The summed E-state index contributed by atoms with van der Waals surface area (Å²) in [6.45, 7) is 5.20. The van der Waals surface area contributed by atoms with Crippen molar-refractivity contribution < 1.29 is 28.0 Å². The lowest BCUT2D eigenvalue weighted by molar-refractivity contribution is -0.150. The van der Waals surface area contributed by atoms with E-state index >= 15 is 0 Å². The molecule has 174 valence electrons. The van der Waals surface area contributed by atoms with Gasteiger partial charge < -0.3 is 14.0 Å². The van der Waals surface area contributed by atoms with Crippen LogP contribution in [0.1, 0.15) is 49.4 Å². The molecular weight excluding hydrogens is 447 g/mol. The largest absolute Gasteiger partial charge is 0.479 e. The van der Waals surface area contributed by atoms with Crippen LogP contribution < -0.4 is 4.74 Å². The summed E-state index contributed by atoms with van der Waals surface area (Å²) in [6, 6.07) is 11.1. The molecule has 0 spiro atoms. The zero-order chi connectivity index (χ0) is 24.0. The Labute approximate surface area is 195 Å². The fourth-order valence-electron chi connectivity index (χ4n) is 2.88. The molecule has 3 aromatic rings. The molecule has 9 heteroatoms. The molecule has 0 radical (unpaired) electrons. The van der Waals surface area contributed by atoms with Crippen LogP contribution in [-0.4, -0.2) is 40.9 Å². The minimum Gasteiger partial charge on any atom is -0.479 e. The summed E-state index contributed by atoms with van der Waals surface area (Å²) in [4.78, 5) is 29.5. The van der Waals surface area contributed by atoms with Gasteiger partial charge in [-0.15, -0.1) is 11.8 Å². The van der Waals surface area contributed by atoms with Gasteiger partial charge in [0, 0.05) is 21.9 Å². The van der Waals surface area contributed by atoms with Crippen molar-refractivity contribution in [2.75, 3.05) is 12.9 Å². The van der Waals surface area contributed by atoms with Gasteiger partial charge >= 0.3 is 5.97 Å². The van der Waals surface area contributed by atoms with Crippen LogP contribution in [0.2, 0.25) is 0 Å². The summed E-state index contributed by atoms with van der Waals surface area (Å²) in [5.41, 5.74) is 0.892. The molecule has 0 aliphatic heterocycles. The summed E-state index contributed by atoms with van der Waals surface area (Å²) >= 11 is 1.24. The zero-order valence-corrected chi connectivity index (χ0v) is 19.6. The molecule has 1 atom stereocenters. The minimum atomic E-state index is -0.892. The maximum Gasteiger partial charge on any atom is 0.347 e. The predicted octanol–water partition coefficient (Wildman–Crippen LogP) is 5.30. The van der Waals surface area contributed by atoms with Crippen LogP contribution in [0.4, 0.5) is 4.39 Å². The number of carbonyl (C=O) groups excluding carboxylic acids is 2.